The molecule has 0 aliphatic rings. The van der Waals surface area contributed by atoms with Crippen LogP contribution in [-0.4, -0.2) is 16.1 Å². The van der Waals surface area contributed by atoms with Gasteiger partial charge in [0, 0.05) is 18.3 Å². The van der Waals surface area contributed by atoms with E-state index in [4.69, 9.17) is 21.1 Å². The van der Waals surface area contributed by atoms with E-state index in [9.17, 15) is 4.79 Å². The third-order valence-corrected chi connectivity index (χ3v) is 3.80. The van der Waals surface area contributed by atoms with Crippen molar-refractivity contribution in [1.82, 2.24) is 10.3 Å². The lowest BCUT2D eigenvalue weighted by molar-refractivity contribution is 0.0697. The monoisotopic (exact) mass is 342 g/mol. The molecule has 0 fully saturated rings. The number of carboxylic acids is 1. The molecule has 0 unspecified atom stereocenters. The van der Waals surface area contributed by atoms with Crippen LogP contribution < -0.4 is 5.32 Å². The highest BCUT2D eigenvalue weighted by atomic mass is 35.5. The third-order valence-electron chi connectivity index (χ3n) is 3.47. The van der Waals surface area contributed by atoms with Crippen LogP contribution in [0.25, 0.3) is 11.3 Å². The minimum absolute atomic E-state index is 0.167. The number of rotatable bonds is 6. The van der Waals surface area contributed by atoms with Crippen molar-refractivity contribution in [2.75, 3.05) is 0 Å². The first-order chi connectivity index (χ1) is 11.6. The number of pyridine rings is 1. The molecule has 0 amide bonds. The van der Waals surface area contributed by atoms with Crippen LogP contribution in [0.1, 0.15) is 21.8 Å². The molecule has 0 radical (unpaired) electrons. The topological polar surface area (TPSA) is 75.4 Å². The lowest BCUT2D eigenvalue weighted by Gasteiger charge is -2.04. The van der Waals surface area contributed by atoms with Gasteiger partial charge in [-0.3, -0.25) is 4.98 Å². The first-order valence-electron chi connectivity index (χ1n) is 7.36. The molecule has 0 spiro atoms. The molecule has 5 nitrogen and oxygen atoms in total. The Bertz CT molecular complexity index is 846. The number of hydrogen-bond donors (Lipinski definition) is 2. The summed E-state index contributed by atoms with van der Waals surface area (Å²) in [4.78, 5) is 15.3. The van der Waals surface area contributed by atoms with E-state index >= 15 is 0 Å². The summed E-state index contributed by atoms with van der Waals surface area (Å²) in [5, 5.41) is 12.8. The molecule has 0 saturated carbocycles. The number of carbonyl (C=O) groups is 1. The molecule has 2 N–H and O–H groups in total. The van der Waals surface area contributed by atoms with E-state index in [2.05, 4.69) is 10.3 Å². The summed E-state index contributed by atoms with van der Waals surface area (Å²) < 4.78 is 5.76. The van der Waals surface area contributed by atoms with Crippen molar-refractivity contribution < 1.29 is 14.3 Å². The van der Waals surface area contributed by atoms with Gasteiger partial charge in [-0.25, -0.2) is 4.79 Å². The summed E-state index contributed by atoms with van der Waals surface area (Å²) in [5.74, 6) is 0.271. The smallest absolute Gasteiger partial charge is 0.335 e. The Balaban J connectivity index is 1.69. The molecule has 0 aliphatic heterocycles. The average Bonchev–Trinajstić information content (AvgIpc) is 3.04. The number of carboxylic acid groups (broad SMARTS) is 1. The summed E-state index contributed by atoms with van der Waals surface area (Å²) in [5.41, 5.74) is 1.68. The zero-order valence-corrected chi connectivity index (χ0v) is 13.5. The molecule has 2 heterocycles. The predicted octanol–water partition coefficient (Wildman–Crippen LogP) is 3.98. The number of nitrogens with one attached hydrogen (secondary N) is 1. The van der Waals surface area contributed by atoms with Gasteiger partial charge >= 0.3 is 5.97 Å². The Morgan fingerprint density at radius 2 is 2.04 bits per heavy atom. The molecule has 122 valence electrons. The van der Waals surface area contributed by atoms with Gasteiger partial charge in [0.1, 0.15) is 11.5 Å². The van der Waals surface area contributed by atoms with E-state index in [-0.39, 0.29) is 5.56 Å². The SMILES string of the molecule is O=C(O)c1ccc(Cl)c(-c2ccc(CNCc3ccccn3)o2)c1. The number of aromatic nitrogens is 1. The van der Waals surface area contributed by atoms with Crippen molar-refractivity contribution >= 4 is 17.6 Å². The highest BCUT2D eigenvalue weighted by molar-refractivity contribution is 6.33. The van der Waals surface area contributed by atoms with Crippen molar-refractivity contribution in [2.45, 2.75) is 13.1 Å². The molecule has 0 atom stereocenters. The maximum Gasteiger partial charge on any atom is 0.335 e. The second-order valence-electron chi connectivity index (χ2n) is 5.19. The van der Waals surface area contributed by atoms with Gasteiger partial charge in [-0.15, -0.1) is 0 Å². The second-order valence-corrected chi connectivity index (χ2v) is 5.60. The van der Waals surface area contributed by atoms with Gasteiger partial charge < -0.3 is 14.8 Å². The van der Waals surface area contributed by atoms with E-state index < -0.39 is 5.97 Å². The van der Waals surface area contributed by atoms with Gasteiger partial charge in [0.15, 0.2) is 0 Å². The quantitative estimate of drug-likeness (QED) is 0.708. The standard InChI is InChI=1S/C18H15ClN2O3/c19-16-6-4-12(18(22)23)9-15(16)17-7-5-14(24-17)11-20-10-13-3-1-2-8-21-13/h1-9,20H,10-11H2,(H,22,23). The summed E-state index contributed by atoms with van der Waals surface area (Å²) in [6, 6.07) is 13.9. The highest BCUT2D eigenvalue weighted by Crippen LogP contribution is 2.30. The fourth-order valence-corrected chi connectivity index (χ4v) is 2.49. The molecule has 0 saturated heterocycles. The second kappa shape index (κ2) is 7.29. The molecule has 6 heteroatoms. The molecule has 2 aromatic heterocycles. The summed E-state index contributed by atoms with van der Waals surface area (Å²) in [6.07, 6.45) is 1.75. The Labute approximate surface area is 143 Å². The number of nitrogens with zero attached hydrogens (tertiary/aromatic N) is 1. The minimum atomic E-state index is -1.00. The molecule has 24 heavy (non-hydrogen) atoms. The maximum absolute atomic E-state index is 11.1. The molecule has 3 rings (SSSR count). The fraction of sp³-hybridized carbons (Fsp3) is 0.111. The first-order valence-corrected chi connectivity index (χ1v) is 7.74. The van der Waals surface area contributed by atoms with Crippen molar-refractivity contribution in [2.24, 2.45) is 0 Å². The first kappa shape index (κ1) is 16.2. The van der Waals surface area contributed by atoms with Crippen molar-refractivity contribution in [3.8, 4) is 11.3 Å². The van der Waals surface area contributed by atoms with Crippen molar-refractivity contribution in [1.29, 1.82) is 0 Å². The average molecular weight is 343 g/mol. The number of hydrogen-bond acceptors (Lipinski definition) is 4. The lowest BCUT2D eigenvalue weighted by Crippen LogP contribution is -2.12. The Kier molecular flexibility index (Phi) is 4.93. The lowest BCUT2D eigenvalue weighted by atomic mass is 10.1. The van der Waals surface area contributed by atoms with E-state index in [0.29, 0.717) is 29.4 Å². The van der Waals surface area contributed by atoms with Crippen LogP contribution in [0.2, 0.25) is 5.02 Å². The Morgan fingerprint density at radius 3 is 2.79 bits per heavy atom. The van der Waals surface area contributed by atoms with Gasteiger partial charge in [0.2, 0.25) is 0 Å². The number of furan rings is 1. The number of aromatic carboxylic acids is 1. The normalized spacial score (nSPS) is 10.7. The van der Waals surface area contributed by atoms with Crippen LogP contribution in [0.4, 0.5) is 0 Å². The van der Waals surface area contributed by atoms with Gasteiger partial charge in [-0.1, -0.05) is 17.7 Å². The van der Waals surface area contributed by atoms with Gasteiger partial charge in [0.05, 0.1) is 22.8 Å². The summed E-state index contributed by atoms with van der Waals surface area (Å²) in [6.45, 7) is 1.17. The Morgan fingerprint density at radius 1 is 1.17 bits per heavy atom. The van der Waals surface area contributed by atoms with E-state index in [1.807, 2.05) is 24.3 Å². The van der Waals surface area contributed by atoms with Crippen LogP contribution in [0.15, 0.2) is 59.1 Å². The van der Waals surface area contributed by atoms with E-state index in [1.54, 1.807) is 18.3 Å². The molecular weight excluding hydrogens is 328 g/mol. The van der Waals surface area contributed by atoms with Gasteiger partial charge in [0.25, 0.3) is 0 Å². The molecule has 0 aliphatic carbocycles. The van der Waals surface area contributed by atoms with Crippen LogP contribution in [0.5, 0.6) is 0 Å². The Hall–Kier alpha value is -2.63. The minimum Gasteiger partial charge on any atom is -0.478 e. The molecule has 0 bridgehead atoms. The summed E-state index contributed by atoms with van der Waals surface area (Å²) >= 11 is 6.15. The van der Waals surface area contributed by atoms with E-state index in [0.717, 1.165) is 11.5 Å². The summed E-state index contributed by atoms with van der Waals surface area (Å²) in [7, 11) is 0. The van der Waals surface area contributed by atoms with Crippen molar-refractivity contribution in [3.05, 3.63) is 76.8 Å². The van der Waals surface area contributed by atoms with Crippen molar-refractivity contribution in [3.63, 3.8) is 0 Å². The molecular formula is C18H15ClN2O3. The highest BCUT2D eigenvalue weighted by Gasteiger charge is 2.12. The van der Waals surface area contributed by atoms with Crippen LogP contribution in [0, 0.1) is 0 Å². The van der Waals surface area contributed by atoms with Gasteiger partial charge in [-0.05, 0) is 42.5 Å². The van der Waals surface area contributed by atoms with Crippen LogP contribution >= 0.6 is 11.6 Å². The molecule has 1 aromatic carbocycles. The van der Waals surface area contributed by atoms with E-state index in [1.165, 1.54) is 12.1 Å². The van der Waals surface area contributed by atoms with Gasteiger partial charge in [-0.2, -0.15) is 0 Å². The predicted molar refractivity (Wildman–Crippen MR) is 90.9 cm³/mol. The fourth-order valence-electron chi connectivity index (χ4n) is 2.28. The molecule has 3 aromatic rings. The third kappa shape index (κ3) is 3.82. The number of halogens is 1. The van der Waals surface area contributed by atoms with Crippen LogP contribution in [-0.2, 0) is 13.1 Å². The number of benzene rings is 1. The maximum atomic E-state index is 11.1. The zero-order chi connectivity index (χ0) is 16.9. The van der Waals surface area contributed by atoms with Crippen LogP contribution in [0.3, 0.4) is 0 Å². The largest absolute Gasteiger partial charge is 0.478 e. The zero-order valence-electron chi connectivity index (χ0n) is 12.7.